The molecule has 2 saturated heterocycles. The molecule has 7 heteroatoms. The normalized spacial score (nSPS) is 27.8. The van der Waals surface area contributed by atoms with Crippen LogP contribution in [-0.4, -0.2) is 43.1 Å². The molecule has 23 heavy (non-hydrogen) atoms. The first-order valence-corrected chi connectivity index (χ1v) is 9.69. The molecule has 1 N–H and O–H groups in total. The molecule has 1 aromatic carbocycles. The Labute approximate surface area is 135 Å². The molecule has 0 aliphatic carbocycles. The van der Waals surface area contributed by atoms with Gasteiger partial charge < -0.3 is 9.84 Å². The lowest BCUT2D eigenvalue weighted by molar-refractivity contribution is 0.251. The third kappa shape index (κ3) is 2.77. The van der Waals surface area contributed by atoms with E-state index in [0.717, 1.165) is 31.1 Å². The first-order chi connectivity index (χ1) is 11.0. The molecule has 0 radical (unpaired) electrons. The predicted octanol–water partition coefficient (Wildman–Crippen LogP) is 1.87. The van der Waals surface area contributed by atoms with Crippen LogP contribution in [0.15, 0.2) is 28.8 Å². The number of sulfonamides is 1. The van der Waals surface area contributed by atoms with Crippen LogP contribution in [0.4, 0.5) is 0 Å². The Kier molecular flexibility index (Phi) is 3.66. The lowest BCUT2D eigenvalue weighted by Gasteiger charge is -2.34. The van der Waals surface area contributed by atoms with Gasteiger partial charge >= 0.3 is 0 Å². The molecule has 2 aromatic rings. The number of nitrogens with one attached hydrogen (secondary N) is 1. The second kappa shape index (κ2) is 5.58. The zero-order valence-electron chi connectivity index (χ0n) is 13.1. The van der Waals surface area contributed by atoms with E-state index in [0.29, 0.717) is 23.4 Å². The summed E-state index contributed by atoms with van der Waals surface area (Å²) in [6.07, 6.45) is 4.10. The maximum atomic E-state index is 12.8. The summed E-state index contributed by atoms with van der Waals surface area (Å²) in [4.78, 5) is 0. The molecule has 0 saturated carbocycles. The zero-order chi connectivity index (χ0) is 16.0. The van der Waals surface area contributed by atoms with Gasteiger partial charge in [-0.1, -0.05) is 17.3 Å². The summed E-state index contributed by atoms with van der Waals surface area (Å²) < 4.78 is 32.4. The van der Waals surface area contributed by atoms with Crippen LogP contribution in [0, 0.1) is 0 Å². The lowest BCUT2D eigenvalue weighted by atomic mass is 10.0. The fourth-order valence-electron chi connectivity index (χ4n) is 3.87. The van der Waals surface area contributed by atoms with Crippen molar-refractivity contribution < 1.29 is 12.9 Å². The number of para-hydroxylation sites is 1. The highest BCUT2D eigenvalue weighted by Crippen LogP contribution is 2.31. The highest BCUT2D eigenvalue weighted by molar-refractivity contribution is 7.88. The van der Waals surface area contributed by atoms with Crippen LogP contribution in [0.2, 0.25) is 0 Å². The molecular weight excluding hydrogens is 314 g/mol. The maximum absolute atomic E-state index is 12.8. The number of rotatable bonds is 4. The number of fused-ring (bicyclic) bond motifs is 3. The van der Waals surface area contributed by atoms with Crippen molar-refractivity contribution >= 4 is 21.0 Å². The Balaban J connectivity index is 1.55. The van der Waals surface area contributed by atoms with E-state index in [1.807, 2.05) is 18.2 Å². The SMILES string of the molecule is CN(C1CC2CCC(C1)N2)S(=O)(=O)Cc1noc2ccccc12. The van der Waals surface area contributed by atoms with Gasteiger partial charge in [-0.15, -0.1) is 0 Å². The topological polar surface area (TPSA) is 75.4 Å². The molecule has 2 aliphatic heterocycles. The quantitative estimate of drug-likeness (QED) is 0.923. The van der Waals surface area contributed by atoms with Crippen molar-refractivity contribution in [1.82, 2.24) is 14.8 Å². The van der Waals surface area contributed by atoms with Crippen LogP contribution in [0.3, 0.4) is 0 Å². The van der Waals surface area contributed by atoms with Crippen LogP contribution in [0.25, 0.3) is 11.0 Å². The summed E-state index contributed by atoms with van der Waals surface area (Å²) >= 11 is 0. The molecule has 6 nitrogen and oxygen atoms in total. The van der Waals surface area contributed by atoms with Crippen molar-refractivity contribution in [3.8, 4) is 0 Å². The zero-order valence-corrected chi connectivity index (χ0v) is 13.9. The van der Waals surface area contributed by atoms with Gasteiger partial charge in [-0.3, -0.25) is 0 Å². The first-order valence-electron chi connectivity index (χ1n) is 8.08. The van der Waals surface area contributed by atoms with E-state index in [1.165, 1.54) is 0 Å². The molecule has 0 amide bonds. The van der Waals surface area contributed by atoms with Gasteiger partial charge in [-0.2, -0.15) is 0 Å². The minimum Gasteiger partial charge on any atom is -0.356 e. The lowest BCUT2D eigenvalue weighted by Crippen LogP contribution is -2.48. The van der Waals surface area contributed by atoms with Gasteiger partial charge in [0.2, 0.25) is 10.0 Å². The van der Waals surface area contributed by atoms with Crippen LogP contribution in [0.1, 0.15) is 31.4 Å². The Morgan fingerprint density at radius 3 is 2.70 bits per heavy atom. The fraction of sp³-hybridized carbons (Fsp3) is 0.562. The first kappa shape index (κ1) is 15.1. The largest absolute Gasteiger partial charge is 0.356 e. The average molecular weight is 335 g/mol. The Bertz CT molecular complexity index is 805. The van der Waals surface area contributed by atoms with E-state index in [4.69, 9.17) is 4.52 Å². The van der Waals surface area contributed by atoms with Crippen LogP contribution >= 0.6 is 0 Å². The molecule has 4 rings (SSSR count). The molecule has 0 spiro atoms. The third-order valence-corrected chi connectivity index (χ3v) is 6.99. The average Bonchev–Trinajstić information content (AvgIpc) is 3.09. The van der Waals surface area contributed by atoms with Crippen molar-refractivity contribution in [1.29, 1.82) is 0 Å². The number of nitrogens with zero attached hydrogens (tertiary/aromatic N) is 2. The Morgan fingerprint density at radius 1 is 1.26 bits per heavy atom. The molecule has 3 heterocycles. The summed E-state index contributed by atoms with van der Waals surface area (Å²) in [5.41, 5.74) is 1.12. The van der Waals surface area contributed by atoms with Crippen molar-refractivity contribution in [2.24, 2.45) is 0 Å². The number of benzene rings is 1. The Morgan fingerprint density at radius 2 is 1.96 bits per heavy atom. The van der Waals surface area contributed by atoms with Gasteiger partial charge in [0.25, 0.3) is 0 Å². The van der Waals surface area contributed by atoms with Crippen molar-refractivity contribution in [2.45, 2.75) is 49.6 Å². The molecule has 124 valence electrons. The molecule has 1 aromatic heterocycles. The van der Waals surface area contributed by atoms with E-state index in [9.17, 15) is 8.42 Å². The highest BCUT2D eigenvalue weighted by Gasteiger charge is 2.38. The molecule has 2 atom stereocenters. The summed E-state index contributed by atoms with van der Waals surface area (Å²) in [7, 11) is -1.71. The van der Waals surface area contributed by atoms with Gasteiger partial charge in [-0.05, 0) is 37.8 Å². The monoisotopic (exact) mass is 335 g/mol. The fourth-order valence-corrected chi connectivity index (χ4v) is 5.25. The van der Waals surface area contributed by atoms with Crippen molar-refractivity contribution in [3.05, 3.63) is 30.0 Å². The number of hydrogen-bond acceptors (Lipinski definition) is 5. The van der Waals surface area contributed by atoms with Crippen molar-refractivity contribution in [2.75, 3.05) is 7.05 Å². The van der Waals surface area contributed by atoms with Crippen LogP contribution in [-0.2, 0) is 15.8 Å². The van der Waals surface area contributed by atoms with Gasteiger partial charge in [0.1, 0.15) is 11.4 Å². The second-order valence-electron chi connectivity index (χ2n) is 6.66. The van der Waals surface area contributed by atoms with Crippen LogP contribution in [0.5, 0.6) is 0 Å². The van der Waals surface area contributed by atoms with Gasteiger partial charge in [0, 0.05) is 30.6 Å². The highest BCUT2D eigenvalue weighted by atomic mass is 32.2. The van der Waals surface area contributed by atoms with Gasteiger partial charge in [0.05, 0.1) is 0 Å². The summed E-state index contributed by atoms with van der Waals surface area (Å²) in [6, 6.07) is 8.37. The van der Waals surface area contributed by atoms with Gasteiger partial charge in [0.15, 0.2) is 5.58 Å². The summed E-state index contributed by atoms with van der Waals surface area (Å²) in [5.74, 6) is -0.111. The van der Waals surface area contributed by atoms with E-state index in [2.05, 4.69) is 10.5 Å². The van der Waals surface area contributed by atoms with Crippen molar-refractivity contribution in [3.63, 3.8) is 0 Å². The maximum Gasteiger partial charge on any atom is 0.220 e. The van der Waals surface area contributed by atoms with Crippen LogP contribution < -0.4 is 5.32 Å². The van der Waals surface area contributed by atoms with E-state index in [1.54, 1.807) is 17.4 Å². The van der Waals surface area contributed by atoms with E-state index in [-0.39, 0.29) is 11.8 Å². The number of hydrogen-bond donors (Lipinski definition) is 1. The molecule has 2 aliphatic rings. The van der Waals surface area contributed by atoms with E-state index >= 15 is 0 Å². The van der Waals surface area contributed by atoms with Gasteiger partial charge in [-0.25, -0.2) is 12.7 Å². The second-order valence-corrected chi connectivity index (χ2v) is 8.69. The predicted molar refractivity (Wildman–Crippen MR) is 87.4 cm³/mol. The summed E-state index contributed by atoms with van der Waals surface area (Å²) in [6.45, 7) is 0. The number of piperidine rings is 1. The third-order valence-electron chi connectivity index (χ3n) is 5.17. The summed E-state index contributed by atoms with van der Waals surface area (Å²) in [5, 5.41) is 8.28. The molecule has 2 fully saturated rings. The molecular formula is C16H21N3O3S. The van der Waals surface area contributed by atoms with E-state index < -0.39 is 10.0 Å². The molecule has 2 unspecified atom stereocenters. The number of aromatic nitrogens is 1. The standard InChI is InChI=1S/C16H21N3O3S/c1-19(13-8-11-6-7-12(9-13)17-11)23(20,21)10-15-14-4-2-3-5-16(14)22-18-15/h2-5,11-13,17H,6-10H2,1H3. The minimum absolute atomic E-state index is 0.0805. The Hall–Kier alpha value is -1.44. The smallest absolute Gasteiger partial charge is 0.220 e. The molecule has 2 bridgehead atoms. The minimum atomic E-state index is -3.41.